The molecule has 0 radical (unpaired) electrons. The molecule has 29 heavy (non-hydrogen) atoms. The van der Waals surface area contributed by atoms with E-state index < -0.39 is 0 Å². The van der Waals surface area contributed by atoms with Crippen molar-refractivity contribution in [1.29, 1.82) is 0 Å². The van der Waals surface area contributed by atoms with Crippen LogP contribution in [0, 0.1) is 19.7 Å². The third-order valence-electron chi connectivity index (χ3n) is 4.55. The molecular weight excluding hydrogens is 409 g/mol. The lowest BCUT2D eigenvalue weighted by Gasteiger charge is -2.09. The third kappa shape index (κ3) is 4.13. The van der Waals surface area contributed by atoms with Crippen molar-refractivity contribution in [2.24, 2.45) is 4.99 Å². The van der Waals surface area contributed by atoms with E-state index in [1.807, 2.05) is 50.3 Å². The van der Waals surface area contributed by atoms with Crippen LogP contribution in [0.5, 0.6) is 0 Å². The maximum absolute atomic E-state index is 13.0. The first kappa shape index (κ1) is 19.5. The van der Waals surface area contributed by atoms with Crippen LogP contribution in [0.25, 0.3) is 11.8 Å². The van der Waals surface area contributed by atoms with Gasteiger partial charge < -0.3 is 9.88 Å². The third-order valence-corrected chi connectivity index (χ3v) is 5.71. The van der Waals surface area contributed by atoms with Crippen LogP contribution in [0.1, 0.15) is 17.0 Å². The van der Waals surface area contributed by atoms with Crippen molar-refractivity contribution in [3.05, 3.63) is 87.3 Å². The Morgan fingerprint density at radius 2 is 1.79 bits per heavy atom. The number of thioether (sulfide) groups is 1. The maximum atomic E-state index is 13.0. The number of amidine groups is 1. The van der Waals surface area contributed by atoms with Gasteiger partial charge in [0.1, 0.15) is 5.82 Å². The minimum Gasteiger partial charge on any atom is -0.318 e. The van der Waals surface area contributed by atoms with Crippen molar-refractivity contribution >= 4 is 46.2 Å². The molecule has 0 bridgehead atoms. The topological polar surface area (TPSA) is 46.4 Å². The minimum atomic E-state index is -0.325. The van der Waals surface area contributed by atoms with Crippen LogP contribution in [0.3, 0.4) is 0 Å². The second kappa shape index (κ2) is 7.89. The normalized spacial score (nSPS) is 16.6. The highest BCUT2D eigenvalue weighted by atomic mass is 35.5. The number of hydrogen-bond donors (Lipinski definition) is 1. The summed E-state index contributed by atoms with van der Waals surface area (Å²) in [5.41, 5.74) is 4.63. The molecule has 1 aliphatic rings. The number of carbonyl (C=O) groups is 1. The zero-order valence-electron chi connectivity index (χ0n) is 15.7. The summed E-state index contributed by atoms with van der Waals surface area (Å²) in [4.78, 5) is 17.3. The monoisotopic (exact) mass is 425 g/mol. The number of nitrogens with zero attached hydrogens (tertiary/aromatic N) is 2. The Bertz CT molecular complexity index is 1150. The summed E-state index contributed by atoms with van der Waals surface area (Å²) < 4.78 is 15.2. The Balaban J connectivity index is 1.63. The Morgan fingerprint density at radius 3 is 2.48 bits per heavy atom. The Labute approximate surface area is 177 Å². The summed E-state index contributed by atoms with van der Waals surface area (Å²) in [7, 11) is 0. The summed E-state index contributed by atoms with van der Waals surface area (Å²) >= 11 is 7.26. The standard InChI is InChI=1S/C22H17ClFN3OS/c1-13-11-15(14(2)27(13)19-9-3-16(23)4-10-19)12-20-21(28)26-22(29-20)25-18-7-5-17(24)6-8-18/h3-12H,1-2H3,(H,25,26,28)/b20-12-. The van der Waals surface area contributed by atoms with E-state index in [4.69, 9.17) is 11.6 Å². The molecule has 1 amide bonds. The minimum absolute atomic E-state index is 0.202. The largest absolute Gasteiger partial charge is 0.318 e. The number of amides is 1. The molecule has 1 saturated heterocycles. The van der Waals surface area contributed by atoms with Gasteiger partial charge in [-0.2, -0.15) is 0 Å². The van der Waals surface area contributed by atoms with Gasteiger partial charge in [0.2, 0.25) is 0 Å². The predicted octanol–water partition coefficient (Wildman–Crippen LogP) is 5.78. The summed E-state index contributed by atoms with van der Waals surface area (Å²) in [5, 5.41) is 3.91. The average molecular weight is 426 g/mol. The fraction of sp³-hybridized carbons (Fsp3) is 0.0909. The van der Waals surface area contributed by atoms with Crippen LogP contribution in [0.4, 0.5) is 10.1 Å². The summed E-state index contributed by atoms with van der Waals surface area (Å²) in [6, 6.07) is 15.5. The number of nitrogens with one attached hydrogen (secondary N) is 1. The second-order valence-electron chi connectivity index (χ2n) is 6.60. The zero-order chi connectivity index (χ0) is 20.5. The predicted molar refractivity (Wildman–Crippen MR) is 117 cm³/mol. The molecule has 146 valence electrons. The first-order chi connectivity index (χ1) is 13.9. The molecular formula is C22H17ClFN3OS. The van der Waals surface area contributed by atoms with Crippen LogP contribution < -0.4 is 5.32 Å². The van der Waals surface area contributed by atoms with Gasteiger partial charge in [0.25, 0.3) is 5.91 Å². The van der Waals surface area contributed by atoms with Crippen LogP contribution in [0.15, 0.2) is 64.5 Å². The molecule has 1 fully saturated rings. The van der Waals surface area contributed by atoms with E-state index in [1.165, 1.54) is 23.9 Å². The molecule has 0 spiro atoms. The lowest BCUT2D eigenvalue weighted by molar-refractivity contribution is -0.115. The van der Waals surface area contributed by atoms with Gasteiger partial charge in [-0.05, 0) is 91.8 Å². The first-order valence-corrected chi connectivity index (χ1v) is 10.1. The highest BCUT2D eigenvalue weighted by molar-refractivity contribution is 8.18. The van der Waals surface area contributed by atoms with Crippen molar-refractivity contribution in [2.75, 3.05) is 0 Å². The lowest BCUT2D eigenvalue weighted by Crippen LogP contribution is -2.19. The van der Waals surface area contributed by atoms with Crippen LogP contribution in [0.2, 0.25) is 5.02 Å². The first-order valence-electron chi connectivity index (χ1n) is 8.91. The van der Waals surface area contributed by atoms with E-state index in [-0.39, 0.29) is 11.7 Å². The highest BCUT2D eigenvalue weighted by Crippen LogP contribution is 2.30. The van der Waals surface area contributed by atoms with E-state index in [0.29, 0.717) is 20.8 Å². The molecule has 0 unspecified atom stereocenters. The van der Waals surface area contributed by atoms with Gasteiger partial charge in [0, 0.05) is 22.1 Å². The van der Waals surface area contributed by atoms with E-state index in [9.17, 15) is 9.18 Å². The van der Waals surface area contributed by atoms with Crippen molar-refractivity contribution in [2.45, 2.75) is 13.8 Å². The Morgan fingerprint density at radius 1 is 1.10 bits per heavy atom. The summed E-state index contributed by atoms with van der Waals surface area (Å²) in [5.74, 6) is -0.527. The Hall–Kier alpha value is -2.83. The van der Waals surface area contributed by atoms with E-state index in [2.05, 4.69) is 14.9 Å². The number of aliphatic imine (C=N–C) groups is 1. The summed E-state index contributed by atoms with van der Waals surface area (Å²) in [6.45, 7) is 4.03. The SMILES string of the molecule is Cc1cc(/C=C2\SC(=Nc3ccc(F)cc3)NC2=O)c(C)n1-c1ccc(Cl)cc1. The molecule has 1 N–H and O–H groups in total. The molecule has 4 rings (SSSR count). The fourth-order valence-electron chi connectivity index (χ4n) is 3.18. The van der Waals surface area contributed by atoms with Gasteiger partial charge in [-0.3, -0.25) is 4.79 Å². The van der Waals surface area contributed by atoms with Crippen LogP contribution in [-0.4, -0.2) is 15.6 Å². The van der Waals surface area contributed by atoms with Gasteiger partial charge in [0.15, 0.2) is 5.17 Å². The highest BCUT2D eigenvalue weighted by Gasteiger charge is 2.24. The van der Waals surface area contributed by atoms with Gasteiger partial charge in [-0.1, -0.05) is 11.6 Å². The molecule has 3 aromatic rings. The number of halogens is 2. The van der Waals surface area contributed by atoms with Gasteiger partial charge in [-0.15, -0.1) is 0 Å². The number of aryl methyl sites for hydroxylation is 1. The van der Waals surface area contributed by atoms with Gasteiger partial charge >= 0.3 is 0 Å². The average Bonchev–Trinajstić information content (AvgIpc) is 3.17. The van der Waals surface area contributed by atoms with Crippen LogP contribution in [-0.2, 0) is 4.79 Å². The molecule has 2 heterocycles. The maximum Gasteiger partial charge on any atom is 0.264 e. The molecule has 7 heteroatoms. The quantitative estimate of drug-likeness (QED) is 0.541. The molecule has 0 aliphatic carbocycles. The van der Waals surface area contributed by atoms with Crippen molar-refractivity contribution in [3.8, 4) is 5.69 Å². The molecule has 2 aromatic carbocycles. The zero-order valence-corrected chi connectivity index (χ0v) is 17.3. The molecule has 1 aromatic heterocycles. The van der Waals surface area contributed by atoms with Gasteiger partial charge in [0.05, 0.1) is 10.6 Å². The van der Waals surface area contributed by atoms with E-state index in [1.54, 1.807) is 12.1 Å². The second-order valence-corrected chi connectivity index (χ2v) is 8.06. The number of carbonyl (C=O) groups excluding carboxylic acids is 1. The van der Waals surface area contributed by atoms with Gasteiger partial charge in [-0.25, -0.2) is 9.38 Å². The molecule has 1 aliphatic heterocycles. The van der Waals surface area contributed by atoms with E-state index >= 15 is 0 Å². The smallest absolute Gasteiger partial charge is 0.264 e. The number of hydrogen-bond acceptors (Lipinski definition) is 3. The summed E-state index contributed by atoms with van der Waals surface area (Å²) in [6.07, 6.45) is 1.86. The number of rotatable bonds is 3. The number of aromatic nitrogens is 1. The molecule has 0 saturated carbocycles. The molecule has 4 nitrogen and oxygen atoms in total. The molecule has 0 atom stereocenters. The van der Waals surface area contributed by atoms with Crippen molar-refractivity contribution in [1.82, 2.24) is 9.88 Å². The number of benzene rings is 2. The Kier molecular flexibility index (Phi) is 5.30. The lowest BCUT2D eigenvalue weighted by atomic mass is 10.2. The van der Waals surface area contributed by atoms with Crippen LogP contribution >= 0.6 is 23.4 Å². The van der Waals surface area contributed by atoms with Crippen molar-refractivity contribution < 1.29 is 9.18 Å². The fourth-order valence-corrected chi connectivity index (χ4v) is 4.13. The van der Waals surface area contributed by atoms with Crippen molar-refractivity contribution in [3.63, 3.8) is 0 Å². The van der Waals surface area contributed by atoms with E-state index in [0.717, 1.165) is 22.6 Å².